The highest BCUT2D eigenvalue weighted by Crippen LogP contribution is 2.82. The number of urea groups is 1. The summed E-state index contributed by atoms with van der Waals surface area (Å²) in [6.45, 7) is 5.94. The summed E-state index contributed by atoms with van der Waals surface area (Å²) in [6.07, 6.45) is 4.26. The maximum absolute atomic E-state index is 16.1. The summed E-state index contributed by atoms with van der Waals surface area (Å²) in [5.41, 5.74) is 3.80. The van der Waals surface area contributed by atoms with Gasteiger partial charge < -0.3 is 41.0 Å². The summed E-state index contributed by atoms with van der Waals surface area (Å²) in [5.74, 6) is -1.52. The maximum Gasteiger partial charge on any atom is 0.407 e. The number of nitrogens with two attached hydrogens (primary N) is 1. The monoisotopic (exact) mass is 764 g/mol. The quantitative estimate of drug-likeness (QED) is 0.178. The van der Waals surface area contributed by atoms with Crippen LogP contribution in [-0.4, -0.2) is 78.1 Å². The molecule has 6 N–H and O–H groups in total. The third kappa shape index (κ3) is 6.67. The Kier molecular flexibility index (Phi) is 10.7. The van der Waals surface area contributed by atoms with Crippen molar-refractivity contribution in [1.82, 2.24) is 10.6 Å². The topological polar surface area (TPSA) is 195 Å². The number of anilines is 1. The molecule has 13 nitrogen and oxygen atoms in total. The number of carbonyl (C=O) groups excluding carboxylic acids is 5. The van der Waals surface area contributed by atoms with Crippen molar-refractivity contribution < 1.29 is 47.7 Å². The second-order valence-corrected chi connectivity index (χ2v) is 16.6. The second kappa shape index (κ2) is 15.1. The molecule has 1 saturated heterocycles. The molecule has 0 aromatic heterocycles. The van der Waals surface area contributed by atoms with E-state index in [-0.39, 0.29) is 79.5 Å². The van der Waals surface area contributed by atoms with E-state index < -0.39 is 53.2 Å². The van der Waals surface area contributed by atoms with Crippen molar-refractivity contribution in [2.24, 2.45) is 46.2 Å². The molecular formula is C41H53FN4O9. The summed E-state index contributed by atoms with van der Waals surface area (Å²) < 4.78 is 34.7. The Labute approximate surface area is 320 Å². The molecule has 7 rings (SSSR count). The molecule has 0 bridgehead atoms. The number of hydrogen-bond donors (Lipinski definition) is 5. The van der Waals surface area contributed by atoms with E-state index in [0.29, 0.717) is 49.1 Å². The first-order valence-corrected chi connectivity index (χ1v) is 19.7. The first-order valence-electron chi connectivity index (χ1n) is 19.7. The van der Waals surface area contributed by atoms with Gasteiger partial charge in [-0.1, -0.05) is 45.4 Å². The fraction of sp³-hybridized carbons (Fsp3) is 0.634. The fourth-order valence-electron chi connectivity index (χ4n) is 11.4. The number of Topliss-reactive ketones (excluding diaryl/α,β-unsaturated/α-hetero) is 1. The van der Waals surface area contributed by atoms with Crippen LogP contribution >= 0.6 is 0 Å². The van der Waals surface area contributed by atoms with Crippen molar-refractivity contribution in [2.75, 3.05) is 18.4 Å². The van der Waals surface area contributed by atoms with Crippen molar-refractivity contribution in [1.29, 1.82) is 0 Å². The number of ether oxygens (including phenoxy) is 3. The Bertz CT molecular complexity index is 1770. The van der Waals surface area contributed by atoms with Gasteiger partial charge in [0.1, 0.15) is 12.8 Å². The molecule has 1 aromatic carbocycles. The summed E-state index contributed by atoms with van der Waals surface area (Å²) in [7, 11) is 0. The number of ketones is 2. The number of halogens is 1. The van der Waals surface area contributed by atoms with E-state index in [2.05, 4.69) is 16.0 Å². The van der Waals surface area contributed by atoms with Crippen LogP contribution in [0.4, 0.5) is 19.7 Å². The number of rotatable bonds is 13. The highest BCUT2D eigenvalue weighted by molar-refractivity contribution is 6.00. The molecule has 4 unspecified atom stereocenters. The van der Waals surface area contributed by atoms with E-state index in [9.17, 15) is 29.1 Å². The molecule has 5 aliphatic carbocycles. The highest BCUT2D eigenvalue weighted by Gasteiger charge is 2.84. The molecule has 12 atom stereocenters. The third-order valence-corrected chi connectivity index (χ3v) is 13.6. The van der Waals surface area contributed by atoms with Gasteiger partial charge >= 0.3 is 12.1 Å². The standard InChI is InChI=1S/C41H53FN4O9/c1-4-7-34-54-32-18-27-28-17-29(42)26-16-25(47)14-9-22(2)35-36(26)40(28,35)30(48)19-39(27,3)41(32,55-34)31(49)20-45-38(52)53-21-23-10-12-24(13-11-23)46-33(50)8-5-6-15-44-37(43)51/h9-14,16,22,27-30,32,34-36,48H,4-8,15,17-21H2,1-3H3,(H,45,52)(H,46,50)(H3,43,44,51)/b14-9-,26-16-/t22-,27?,28-,29-,30-,32+,34?,35?,36?,39-,40+,41+/m0/s1. The molecule has 5 fully saturated rings. The number of alkyl halides is 1. The number of benzene rings is 1. The average Bonchev–Trinajstić information content (AvgIpc) is 3.61. The molecular weight excluding hydrogens is 711 g/mol. The molecule has 4 amide bonds. The summed E-state index contributed by atoms with van der Waals surface area (Å²) in [4.78, 5) is 63.0. The van der Waals surface area contributed by atoms with Gasteiger partial charge in [0.15, 0.2) is 23.5 Å². The van der Waals surface area contributed by atoms with Gasteiger partial charge in [0.05, 0.1) is 18.8 Å². The zero-order valence-corrected chi connectivity index (χ0v) is 31.7. The largest absolute Gasteiger partial charge is 0.445 e. The van der Waals surface area contributed by atoms with Crippen LogP contribution in [0.3, 0.4) is 0 Å². The molecule has 14 heteroatoms. The van der Waals surface area contributed by atoms with Gasteiger partial charge in [0.25, 0.3) is 0 Å². The second-order valence-electron chi connectivity index (χ2n) is 16.6. The van der Waals surface area contributed by atoms with Crippen LogP contribution < -0.4 is 21.7 Å². The Morgan fingerprint density at radius 1 is 1.09 bits per heavy atom. The molecule has 4 saturated carbocycles. The van der Waals surface area contributed by atoms with Crippen molar-refractivity contribution in [3.63, 3.8) is 0 Å². The zero-order chi connectivity index (χ0) is 39.3. The molecule has 1 aromatic rings. The van der Waals surface area contributed by atoms with Crippen molar-refractivity contribution in [3.05, 3.63) is 53.6 Å². The summed E-state index contributed by atoms with van der Waals surface area (Å²) in [5, 5.41) is 20.1. The van der Waals surface area contributed by atoms with Gasteiger partial charge in [-0.3, -0.25) is 14.4 Å². The van der Waals surface area contributed by atoms with Gasteiger partial charge in [-0.2, -0.15) is 0 Å². The lowest BCUT2D eigenvalue weighted by atomic mass is 9.50. The Morgan fingerprint density at radius 3 is 2.58 bits per heavy atom. The van der Waals surface area contributed by atoms with Crippen molar-refractivity contribution in [3.8, 4) is 0 Å². The first-order chi connectivity index (χ1) is 26.3. The third-order valence-electron chi connectivity index (χ3n) is 13.6. The van der Waals surface area contributed by atoms with Gasteiger partial charge in [-0.15, -0.1) is 0 Å². The summed E-state index contributed by atoms with van der Waals surface area (Å²) >= 11 is 0. The van der Waals surface area contributed by atoms with Crippen LogP contribution in [-0.2, 0) is 35.2 Å². The van der Waals surface area contributed by atoms with Crippen LogP contribution in [0.15, 0.2) is 48.1 Å². The van der Waals surface area contributed by atoms with Gasteiger partial charge in [-0.05, 0) is 104 Å². The minimum atomic E-state index is -1.47. The molecule has 1 heterocycles. The first kappa shape index (κ1) is 39.1. The number of carbonyl (C=O) groups is 5. The fourth-order valence-corrected chi connectivity index (χ4v) is 11.4. The molecule has 1 aliphatic heterocycles. The minimum Gasteiger partial charge on any atom is -0.445 e. The van der Waals surface area contributed by atoms with E-state index in [1.165, 1.54) is 12.2 Å². The number of aliphatic hydroxyl groups excluding tert-OH is 1. The van der Waals surface area contributed by atoms with Gasteiger partial charge in [-0.25, -0.2) is 14.0 Å². The SMILES string of the molecule is CCCC1O[C@@H]2CC3[C@@H]4C[C@H](F)/C5=C/C(=O)/C=C\[C@H](C)C6C5[C@]64[C@@H](O)C[C@]3(C)[C@]2(C(=O)CNC(=O)OCc2ccc(NC(=O)CCCCNC(N)=O)cc2)O1. The summed E-state index contributed by atoms with van der Waals surface area (Å²) in [6, 6.07) is 6.22. The van der Waals surface area contributed by atoms with Crippen molar-refractivity contribution >= 4 is 35.3 Å². The zero-order valence-electron chi connectivity index (χ0n) is 31.7. The molecule has 55 heavy (non-hydrogen) atoms. The van der Waals surface area contributed by atoms with E-state index in [1.54, 1.807) is 24.3 Å². The Morgan fingerprint density at radius 2 is 1.85 bits per heavy atom. The van der Waals surface area contributed by atoms with Crippen LogP contribution in [0.2, 0.25) is 0 Å². The van der Waals surface area contributed by atoms with E-state index >= 15 is 4.39 Å². The Balaban J connectivity index is 0.999. The lowest BCUT2D eigenvalue weighted by molar-refractivity contribution is -0.199. The van der Waals surface area contributed by atoms with Crippen LogP contribution in [0.5, 0.6) is 0 Å². The molecule has 0 radical (unpaired) electrons. The molecule has 6 aliphatic rings. The number of fused-ring (bicyclic) bond motifs is 4. The maximum atomic E-state index is 16.1. The highest BCUT2D eigenvalue weighted by atomic mass is 19.1. The number of nitrogens with one attached hydrogen (secondary N) is 3. The van der Waals surface area contributed by atoms with Crippen molar-refractivity contribution in [2.45, 2.75) is 109 Å². The molecule has 1 spiro atoms. The number of alkyl carbamates (subject to hydrolysis) is 1. The number of unbranched alkanes of at least 4 members (excludes halogenated alkanes) is 1. The number of allylic oxidation sites excluding steroid dienone is 4. The predicted molar refractivity (Wildman–Crippen MR) is 198 cm³/mol. The smallest absolute Gasteiger partial charge is 0.407 e. The van der Waals surface area contributed by atoms with E-state index in [4.69, 9.17) is 19.9 Å². The lowest BCUT2D eigenvalue weighted by Crippen LogP contribution is -2.63. The number of aliphatic hydroxyl groups is 1. The van der Waals surface area contributed by atoms with E-state index in [1.807, 2.05) is 26.8 Å². The Hall–Kier alpha value is -4.14. The number of amides is 4. The minimum absolute atomic E-state index is 0.0175. The van der Waals surface area contributed by atoms with Crippen LogP contribution in [0.1, 0.15) is 77.7 Å². The van der Waals surface area contributed by atoms with E-state index in [0.717, 1.165) is 6.42 Å². The number of hydrogen-bond acceptors (Lipinski definition) is 9. The average molecular weight is 765 g/mol. The number of primary amides is 1. The van der Waals surface area contributed by atoms with Crippen LogP contribution in [0, 0.1) is 40.4 Å². The van der Waals surface area contributed by atoms with Gasteiger partial charge in [0, 0.05) is 29.5 Å². The lowest BCUT2D eigenvalue weighted by Gasteiger charge is -2.56. The predicted octanol–water partition coefficient (Wildman–Crippen LogP) is 4.62. The van der Waals surface area contributed by atoms with Gasteiger partial charge in [0.2, 0.25) is 5.91 Å². The van der Waals surface area contributed by atoms with Crippen LogP contribution in [0.25, 0.3) is 0 Å². The molecule has 298 valence electrons. The normalized spacial score (nSPS) is 39.4.